The number of nitrogens with two attached hydrogens (primary N) is 1. The number of methoxy groups -OCH3 is 1. The number of piperidine rings is 1. The van der Waals surface area contributed by atoms with Crippen molar-refractivity contribution in [2.75, 3.05) is 33.3 Å². The summed E-state index contributed by atoms with van der Waals surface area (Å²) in [5, 5.41) is 3.27. The van der Waals surface area contributed by atoms with Gasteiger partial charge in [-0.15, -0.1) is 0 Å². The number of nitrogens with zero attached hydrogens (tertiary/aromatic N) is 1. The summed E-state index contributed by atoms with van der Waals surface area (Å²) in [6.07, 6.45) is 3.41. The molecule has 0 aromatic rings. The molecule has 0 aliphatic carbocycles. The summed E-state index contributed by atoms with van der Waals surface area (Å²) in [6, 6.07) is 0. The van der Waals surface area contributed by atoms with Crippen molar-refractivity contribution in [2.24, 2.45) is 5.73 Å². The molecule has 1 rings (SSSR count). The standard InChI is InChI=1S/C13H27N3O2/c1-4-7-15-13(2,12(14)17)10-16-8-5-11(18-3)6-9-16/h11,15H,4-10H2,1-3H3,(H2,14,17). The van der Waals surface area contributed by atoms with Crippen LogP contribution in [0.15, 0.2) is 0 Å². The van der Waals surface area contributed by atoms with Gasteiger partial charge in [-0.3, -0.25) is 4.79 Å². The Kier molecular flexibility index (Phi) is 6.05. The van der Waals surface area contributed by atoms with E-state index in [0.29, 0.717) is 12.6 Å². The second-order valence-electron chi connectivity index (χ2n) is 5.33. The van der Waals surface area contributed by atoms with Crippen LogP contribution < -0.4 is 11.1 Å². The van der Waals surface area contributed by atoms with E-state index < -0.39 is 5.54 Å². The van der Waals surface area contributed by atoms with Gasteiger partial charge in [-0.1, -0.05) is 6.92 Å². The van der Waals surface area contributed by atoms with Gasteiger partial charge in [0.25, 0.3) is 0 Å². The van der Waals surface area contributed by atoms with Crippen molar-refractivity contribution in [3.05, 3.63) is 0 Å². The molecule has 0 radical (unpaired) electrons. The van der Waals surface area contributed by atoms with Crippen LogP contribution in [0.3, 0.4) is 0 Å². The molecule has 1 fully saturated rings. The maximum atomic E-state index is 11.6. The molecule has 106 valence electrons. The van der Waals surface area contributed by atoms with Crippen molar-refractivity contribution < 1.29 is 9.53 Å². The lowest BCUT2D eigenvalue weighted by Crippen LogP contribution is -2.60. The molecule has 1 heterocycles. The molecular formula is C13H27N3O2. The first kappa shape index (κ1) is 15.4. The van der Waals surface area contributed by atoms with Crippen molar-refractivity contribution in [3.8, 4) is 0 Å². The lowest BCUT2D eigenvalue weighted by atomic mass is 9.98. The summed E-state index contributed by atoms with van der Waals surface area (Å²) in [6.45, 7) is 7.41. The van der Waals surface area contributed by atoms with Crippen LogP contribution in [0.25, 0.3) is 0 Å². The summed E-state index contributed by atoms with van der Waals surface area (Å²) in [5.74, 6) is -0.273. The first-order valence-corrected chi connectivity index (χ1v) is 6.82. The van der Waals surface area contributed by atoms with Crippen molar-refractivity contribution in [1.29, 1.82) is 0 Å². The van der Waals surface area contributed by atoms with Crippen LogP contribution >= 0.6 is 0 Å². The fourth-order valence-corrected chi connectivity index (χ4v) is 2.37. The fraction of sp³-hybridized carbons (Fsp3) is 0.923. The van der Waals surface area contributed by atoms with E-state index in [0.717, 1.165) is 38.9 Å². The first-order valence-electron chi connectivity index (χ1n) is 6.82. The molecule has 1 amide bonds. The average molecular weight is 257 g/mol. The molecule has 1 saturated heterocycles. The molecule has 0 aromatic heterocycles. The number of primary amides is 1. The van der Waals surface area contributed by atoms with E-state index in [1.54, 1.807) is 7.11 Å². The molecule has 0 spiro atoms. The number of amides is 1. The number of rotatable bonds is 7. The molecule has 18 heavy (non-hydrogen) atoms. The SMILES string of the molecule is CCCNC(C)(CN1CCC(OC)CC1)C(N)=O. The van der Waals surface area contributed by atoms with E-state index in [1.807, 2.05) is 6.92 Å². The van der Waals surface area contributed by atoms with Gasteiger partial charge in [0.15, 0.2) is 0 Å². The van der Waals surface area contributed by atoms with Crippen LogP contribution in [0.4, 0.5) is 0 Å². The van der Waals surface area contributed by atoms with Crippen molar-refractivity contribution in [2.45, 2.75) is 44.8 Å². The molecule has 5 heteroatoms. The first-order chi connectivity index (χ1) is 8.51. The van der Waals surface area contributed by atoms with Crippen LogP contribution in [0.1, 0.15) is 33.1 Å². The second kappa shape index (κ2) is 7.07. The number of carbonyl (C=O) groups is 1. The molecular weight excluding hydrogens is 230 g/mol. The van der Waals surface area contributed by atoms with Crippen LogP contribution in [-0.2, 0) is 9.53 Å². The van der Waals surface area contributed by atoms with Gasteiger partial charge in [-0.05, 0) is 32.7 Å². The van der Waals surface area contributed by atoms with Gasteiger partial charge in [-0.25, -0.2) is 0 Å². The van der Waals surface area contributed by atoms with Crippen molar-refractivity contribution in [3.63, 3.8) is 0 Å². The molecule has 1 atom stereocenters. The Hall–Kier alpha value is -0.650. The van der Waals surface area contributed by atoms with Gasteiger partial charge in [0.05, 0.1) is 6.10 Å². The lowest BCUT2D eigenvalue weighted by molar-refractivity contribution is -0.124. The third-order valence-electron chi connectivity index (χ3n) is 3.72. The number of hydrogen-bond donors (Lipinski definition) is 2. The number of ether oxygens (including phenoxy) is 1. The molecule has 0 aromatic carbocycles. The Morgan fingerprint density at radius 1 is 1.50 bits per heavy atom. The van der Waals surface area contributed by atoms with E-state index in [2.05, 4.69) is 17.1 Å². The van der Waals surface area contributed by atoms with Crippen LogP contribution in [0.2, 0.25) is 0 Å². The predicted octanol–water partition coefficient (Wildman–Crippen LogP) is 0.341. The quantitative estimate of drug-likeness (QED) is 0.690. The smallest absolute Gasteiger partial charge is 0.238 e. The Bertz CT molecular complexity index is 265. The minimum atomic E-state index is -0.629. The zero-order valence-corrected chi connectivity index (χ0v) is 11.9. The van der Waals surface area contributed by atoms with E-state index in [9.17, 15) is 4.79 Å². The lowest BCUT2D eigenvalue weighted by Gasteiger charge is -2.37. The third-order valence-corrected chi connectivity index (χ3v) is 3.72. The highest BCUT2D eigenvalue weighted by Gasteiger charge is 2.33. The Balaban J connectivity index is 2.49. The monoisotopic (exact) mass is 257 g/mol. The van der Waals surface area contributed by atoms with Crippen LogP contribution in [-0.4, -0.2) is 55.7 Å². The number of carbonyl (C=O) groups excluding carboxylic acids is 1. The van der Waals surface area contributed by atoms with Crippen molar-refractivity contribution >= 4 is 5.91 Å². The topological polar surface area (TPSA) is 67.6 Å². The molecule has 1 unspecified atom stereocenters. The van der Waals surface area contributed by atoms with E-state index >= 15 is 0 Å². The van der Waals surface area contributed by atoms with E-state index in [1.165, 1.54) is 0 Å². The minimum Gasteiger partial charge on any atom is -0.381 e. The molecule has 0 bridgehead atoms. The van der Waals surface area contributed by atoms with Crippen LogP contribution in [0, 0.1) is 0 Å². The minimum absolute atomic E-state index is 0.273. The highest BCUT2D eigenvalue weighted by Crippen LogP contribution is 2.16. The number of nitrogens with one attached hydrogen (secondary N) is 1. The molecule has 1 aliphatic heterocycles. The number of likely N-dealkylation sites (tertiary alicyclic amines) is 1. The maximum Gasteiger partial charge on any atom is 0.238 e. The summed E-state index contributed by atoms with van der Waals surface area (Å²) < 4.78 is 5.35. The van der Waals surface area contributed by atoms with E-state index in [-0.39, 0.29) is 5.91 Å². The van der Waals surface area contributed by atoms with Gasteiger partial charge in [0.1, 0.15) is 5.54 Å². The Morgan fingerprint density at radius 2 is 2.11 bits per heavy atom. The fourth-order valence-electron chi connectivity index (χ4n) is 2.37. The van der Waals surface area contributed by atoms with Gasteiger partial charge < -0.3 is 20.7 Å². The predicted molar refractivity (Wildman–Crippen MR) is 72.4 cm³/mol. The van der Waals surface area contributed by atoms with Gasteiger partial charge in [0.2, 0.25) is 5.91 Å². The van der Waals surface area contributed by atoms with Gasteiger partial charge >= 0.3 is 0 Å². The van der Waals surface area contributed by atoms with E-state index in [4.69, 9.17) is 10.5 Å². The molecule has 3 N–H and O–H groups in total. The summed E-state index contributed by atoms with van der Waals surface area (Å²) in [4.78, 5) is 13.9. The van der Waals surface area contributed by atoms with Crippen LogP contribution in [0.5, 0.6) is 0 Å². The Labute approximate surface area is 110 Å². The molecule has 0 saturated carbocycles. The van der Waals surface area contributed by atoms with Crippen molar-refractivity contribution in [1.82, 2.24) is 10.2 Å². The molecule has 5 nitrogen and oxygen atoms in total. The molecule has 1 aliphatic rings. The zero-order valence-electron chi connectivity index (χ0n) is 11.9. The second-order valence-corrected chi connectivity index (χ2v) is 5.33. The zero-order chi connectivity index (χ0) is 13.6. The average Bonchev–Trinajstić information content (AvgIpc) is 2.37. The third kappa shape index (κ3) is 4.23. The highest BCUT2D eigenvalue weighted by molar-refractivity contribution is 5.84. The summed E-state index contributed by atoms with van der Waals surface area (Å²) >= 11 is 0. The summed E-state index contributed by atoms with van der Waals surface area (Å²) in [5.41, 5.74) is 4.90. The number of hydrogen-bond acceptors (Lipinski definition) is 4. The highest BCUT2D eigenvalue weighted by atomic mass is 16.5. The van der Waals surface area contributed by atoms with Gasteiger partial charge in [0, 0.05) is 26.7 Å². The normalized spacial score (nSPS) is 21.7. The van der Waals surface area contributed by atoms with Gasteiger partial charge in [-0.2, -0.15) is 0 Å². The largest absolute Gasteiger partial charge is 0.381 e. The Morgan fingerprint density at radius 3 is 2.56 bits per heavy atom. The maximum absolute atomic E-state index is 11.6. The summed E-state index contributed by atoms with van der Waals surface area (Å²) in [7, 11) is 1.76.